The molecule has 5 rings (SSSR count). The Morgan fingerprint density at radius 1 is 1.06 bits per heavy atom. The Morgan fingerprint density at radius 2 is 1.76 bits per heavy atom. The number of halogens is 1. The summed E-state index contributed by atoms with van der Waals surface area (Å²) in [7, 11) is 0. The Labute approximate surface area is 200 Å². The highest BCUT2D eigenvalue weighted by molar-refractivity contribution is 8.00. The number of aromatic nitrogens is 1. The fraction of sp³-hybridized carbons (Fsp3) is 0.182. The first-order valence-electron chi connectivity index (χ1n) is 9.91. The molecule has 0 spiro atoms. The molecule has 1 aromatic heterocycles. The number of phenolic OH excluding ortho intramolecular Hbond substituents is 1. The predicted octanol–water partition coefficient (Wildman–Crippen LogP) is 2.79. The normalized spacial score (nSPS) is 21.3. The molecular weight excluding hydrogens is 486 g/mol. The number of nitrogens with zero attached hydrogens (tertiary/aromatic N) is 1. The van der Waals surface area contributed by atoms with Crippen LogP contribution in [0.5, 0.6) is 5.75 Å². The van der Waals surface area contributed by atoms with Crippen molar-refractivity contribution in [2.75, 3.05) is 5.32 Å². The zero-order valence-corrected chi connectivity index (χ0v) is 19.2. The first-order chi connectivity index (χ1) is 15.8. The number of thiazole rings is 1. The Bertz CT molecular complexity index is 1330. The van der Waals surface area contributed by atoms with Crippen molar-refractivity contribution in [2.24, 2.45) is 5.92 Å². The molecule has 11 heteroatoms. The van der Waals surface area contributed by atoms with E-state index in [1.807, 2.05) is 0 Å². The lowest BCUT2D eigenvalue weighted by atomic mass is 9.83. The van der Waals surface area contributed by atoms with Crippen LogP contribution < -0.4 is 15.5 Å². The molecule has 8 nitrogen and oxygen atoms in total. The van der Waals surface area contributed by atoms with Gasteiger partial charge in [0.1, 0.15) is 17.5 Å². The number of amides is 3. The van der Waals surface area contributed by atoms with Gasteiger partial charge in [-0.15, -0.1) is 0 Å². The van der Waals surface area contributed by atoms with E-state index in [1.165, 1.54) is 16.7 Å². The molecule has 33 heavy (non-hydrogen) atoms. The molecule has 3 aromatic rings. The summed E-state index contributed by atoms with van der Waals surface area (Å²) in [6, 6.07) is 12.9. The second kappa shape index (κ2) is 8.36. The highest BCUT2D eigenvalue weighted by Crippen LogP contribution is 2.51. The molecule has 0 radical (unpaired) electrons. The van der Waals surface area contributed by atoms with E-state index in [4.69, 9.17) is 11.6 Å². The summed E-state index contributed by atoms with van der Waals surface area (Å²) in [4.78, 5) is 51.0. The van der Waals surface area contributed by atoms with E-state index in [-0.39, 0.29) is 17.2 Å². The SMILES string of the molecule is O=C(Cn1c2c(sc1=O)C(c1ccc(O)cc1)C1C(=O)NC(=O)C1S2)Nc1ccc(Cl)cc1. The Kier molecular flexibility index (Phi) is 5.51. The smallest absolute Gasteiger partial charge is 0.308 e. The van der Waals surface area contributed by atoms with E-state index in [9.17, 15) is 24.3 Å². The lowest BCUT2D eigenvalue weighted by molar-refractivity contribution is -0.126. The molecule has 0 bridgehead atoms. The number of anilines is 1. The molecule has 3 atom stereocenters. The molecule has 0 saturated carbocycles. The van der Waals surface area contributed by atoms with Crippen molar-refractivity contribution in [3.63, 3.8) is 0 Å². The van der Waals surface area contributed by atoms with Crippen molar-refractivity contribution in [3.05, 3.63) is 73.7 Å². The summed E-state index contributed by atoms with van der Waals surface area (Å²) in [6.45, 7) is -0.241. The number of hydrogen-bond acceptors (Lipinski definition) is 7. The van der Waals surface area contributed by atoms with Crippen LogP contribution in [0.1, 0.15) is 16.4 Å². The first kappa shape index (κ1) is 21.7. The minimum Gasteiger partial charge on any atom is -0.508 e. The third-order valence-corrected chi connectivity index (χ3v) is 8.44. The number of imide groups is 1. The van der Waals surface area contributed by atoms with Crippen LogP contribution in [0.15, 0.2) is 58.4 Å². The van der Waals surface area contributed by atoms with Crippen LogP contribution in [-0.4, -0.2) is 32.6 Å². The molecule has 2 aliphatic rings. The molecule has 3 unspecified atom stereocenters. The van der Waals surface area contributed by atoms with E-state index in [2.05, 4.69) is 10.6 Å². The van der Waals surface area contributed by atoms with E-state index in [1.54, 1.807) is 36.4 Å². The second-order valence-electron chi connectivity index (χ2n) is 7.67. The highest BCUT2D eigenvalue weighted by atomic mass is 35.5. The number of phenols is 1. The van der Waals surface area contributed by atoms with Crippen LogP contribution in [0.2, 0.25) is 5.02 Å². The third-order valence-electron chi connectivity index (χ3n) is 5.57. The zero-order chi connectivity index (χ0) is 23.3. The van der Waals surface area contributed by atoms with Gasteiger partial charge in [-0.25, -0.2) is 0 Å². The molecule has 3 N–H and O–H groups in total. The molecule has 2 aliphatic heterocycles. The summed E-state index contributed by atoms with van der Waals surface area (Å²) in [5.41, 5.74) is 1.24. The predicted molar refractivity (Wildman–Crippen MR) is 125 cm³/mol. The van der Waals surface area contributed by atoms with Gasteiger partial charge in [-0.2, -0.15) is 0 Å². The first-order valence-corrected chi connectivity index (χ1v) is 12.0. The minimum atomic E-state index is -0.719. The van der Waals surface area contributed by atoms with Crippen molar-refractivity contribution in [3.8, 4) is 5.75 Å². The van der Waals surface area contributed by atoms with Gasteiger partial charge in [-0.1, -0.05) is 46.8 Å². The quantitative estimate of drug-likeness (QED) is 0.473. The number of thioether (sulfide) groups is 1. The van der Waals surface area contributed by atoms with Crippen molar-refractivity contribution < 1.29 is 19.5 Å². The molecule has 2 aromatic carbocycles. The number of benzene rings is 2. The van der Waals surface area contributed by atoms with Crippen LogP contribution in [0.4, 0.5) is 5.69 Å². The zero-order valence-electron chi connectivity index (χ0n) is 16.8. The lowest BCUT2D eigenvalue weighted by Gasteiger charge is -2.30. The highest BCUT2D eigenvalue weighted by Gasteiger charge is 2.52. The van der Waals surface area contributed by atoms with E-state index in [0.29, 0.717) is 26.2 Å². The Balaban J connectivity index is 1.52. The Morgan fingerprint density at radius 3 is 2.45 bits per heavy atom. The van der Waals surface area contributed by atoms with Crippen molar-refractivity contribution in [1.82, 2.24) is 9.88 Å². The van der Waals surface area contributed by atoms with Gasteiger partial charge < -0.3 is 10.4 Å². The standard InChI is InChI=1S/C22H16ClN3O5S2/c23-11-3-5-12(6-4-11)24-14(28)9-26-21-18(33-22(26)31)15(10-1-7-13(27)8-2-10)16-17(32-21)20(30)25-19(16)29/h1-8,15-17,27H,9H2,(H,24,28)(H,25,29,30). The maximum absolute atomic E-state index is 12.9. The number of hydrogen-bond donors (Lipinski definition) is 3. The maximum Gasteiger partial charge on any atom is 0.308 e. The number of fused-ring (bicyclic) bond motifs is 2. The van der Waals surface area contributed by atoms with Gasteiger partial charge in [0.25, 0.3) is 0 Å². The minimum absolute atomic E-state index is 0.0669. The second-order valence-corrected chi connectivity index (χ2v) is 10.2. The molecule has 0 aliphatic carbocycles. The van der Waals surface area contributed by atoms with Gasteiger partial charge in [-0.05, 0) is 42.0 Å². The third kappa shape index (κ3) is 3.94. The van der Waals surface area contributed by atoms with Crippen molar-refractivity contribution in [1.29, 1.82) is 0 Å². The van der Waals surface area contributed by atoms with Gasteiger partial charge in [0.05, 0.1) is 10.9 Å². The van der Waals surface area contributed by atoms with Crippen LogP contribution in [0.25, 0.3) is 0 Å². The van der Waals surface area contributed by atoms with Crippen LogP contribution >= 0.6 is 34.7 Å². The van der Waals surface area contributed by atoms with Gasteiger partial charge in [0, 0.05) is 21.5 Å². The van der Waals surface area contributed by atoms with Crippen LogP contribution in [0.3, 0.4) is 0 Å². The molecule has 3 heterocycles. The van der Waals surface area contributed by atoms with E-state index >= 15 is 0 Å². The molecule has 168 valence electrons. The number of rotatable bonds is 4. The number of aromatic hydroxyl groups is 1. The molecular formula is C22H16ClN3O5S2. The summed E-state index contributed by atoms with van der Waals surface area (Å²) in [5, 5.41) is 15.1. The molecule has 3 amide bonds. The summed E-state index contributed by atoms with van der Waals surface area (Å²) < 4.78 is 1.34. The van der Waals surface area contributed by atoms with Crippen LogP contribution in [0, 0.1) is 5.92 Å². The number of nitrogens with one attached hydrogen (secondary N) is 2. The van der Waals surface area contributed by atoms with Crippen LogP contribution in [-0.2, 0) is 20.9 Å². The number of carbonyl (C=O) groups excluding carboxylic acids is 3. The van der Waals surface area contributed by atoms with E-state index in [0.717, 1.165) is 23.1 Å². The lowest BCUT2D eigenvalue weighted by Crippen LogP contribution is -2.32. The van der Waals surface area contributed by atoms with Gasteiger partial charge in [-0.3, -0.25) is 29.1 Å². The summed E-state index contributed by atoms with van der Waals surface area (Å²) in [6.07, 6.45) is 0. The molecule has 1 saturated heterocycles. The fourth-order valence-corrected chi connectivity index (χ4v) is 6.96. The topological polar surface area (TPSA) is 118 Å². The maximum atomic E-state index is 12.9. The fourth-order valence-electron chi connectivity index (χ4n) is 4.09. The summed E-state index contributed by atoms with van der Waals surface area (Å²) >= 11 is 7.97. The van der Waals surface area contributed by atoms with Gasteiger partial charge in [0.15, 0.2) is 0 Å². The van der Waals surface area contributed by atoms with Crippen molar-refractivity contribution in [2.45, 2.75) is 22.7 Å². The summed E-state index contributed by atoms with van der Waals surface area (Å²) in [5.74, 6) is -2.38. The average Bonchev–Trinajstić information content (AvgIpc) is 3.24. The largest absolute Gasteiger partial charge is 0.508 e. The monoisotopic (exact) mass is 501 g/mol. The van der Waals surface area contributed by atoms with E-state index < -0.39 is 34.8 Å². The van der Waals surface area contributed by atoms with Gasteiger partial charge in [0.2, 0.25) is 17.7 Å². The van der Waals surface area contributed by atoms with Crippen molar-refractivity contribution >= 4 is 58.1 Å². The Hall–Kier alpha value is -3.08. The average molecular weight is 502 g/mol. The number of carbonyl (C=O) groups is 3. The molecule has 1 fully saturated rings. The van der Waals surface area contributed by atoms with Gasteiger partial charge >= 0.3 is 4.87 Å².